The maximum Gasteiger partial charge on any atom is 0.510 e. The van der Waals surface area contributed by atoms with Crippen LogP contribution in [0, 0.1) is 5.92 Å². The van der Waals surface area contributed by atoms with Gasteiger partial charge in [-0.15, -0.1) is 0 Å². The molecule has 0 saturated heterocycles. The number of aromatic nitrogens is 2. The number of nitrogens with two attached hydrogens (primary N) is 2. The molecule has 4 heterocycles. The van der Waals surface area contributed by atoms with Crippen molar-refractivity contribution in [3.05, 3.63) is 86.7 Å². The Morgan fingerprint density at radius 3 is 2.45 bits per heavy atom. The van der Waals surface area contributed by atoms with Crippen LogP contribution in [0.2, 0.25) is 0 Å². The van der Waals surface area contributed by atoms with Crippen LogP contribution in [0.5, 0.6) is 5.75 Å². The fourth-order valence-electron chi connectivity index (χ4n) is 7.30. The number of pyridine rings is 2. The standard InChI is InChI=1S/C41H47N7O10/c1-5-25-26-16-24(49)13-14-30(26)46-34-27(25)18-48-32(34)17-29-28(37(48)52)20-56-38(53)41(29,6-2)58-40(55)57-19-22-9-11-23(12-10-22)45-35(50)31(8-7-15-44-39(43)54)47-36(51)33(42)21(3)4/h9-14,16-17,21,31,33,49H,5-8,15,18-20,42H2,1-4H3,(H,45,50)(H,47,51)(H3,43,44,54)/t31-,33-,41-/m0/s1. The van der Waals surface area contributed by atoms with E-state index in [1.54, 1.807) is 73.9 Å². The van der Waals surface area contributed by atoms with Crippen LogP contribution in [-0.4, -0.2) is 63.3 Å². The maximum absolute atomic E-state index is 14.0. The lowest BCUT2D eigenvalue weighted by Crippen LogP contribution is -2.51. The molecule has 8 N–H and O–H groups in total. The van der Waals surface area contributed by atoms with Crippen LogP contribution in [-0.2, 0) is 60.4 Å². The third-order valence-corrected chi connectivity index (χ3v) is 10.6. The second kappa shape index (κ2) is 16.9. The van der Waals surface area contributed by atoms with Crippen LogP contribution >= 0.6 is 0 Å². The summed E-state index contributed by atoms with van der Waals surface area (Å²) >= 11 is 0. The van der Waals surface area contributed by atoms with Gasteiger partial charge in [-0.05, 0) is 79.1 Å². The van der Waals surface area contributed by atoms with Gasteiger partial charge in [0.25, 0.3) is 5.56 Å². The largest absolute Gasteiger partial charge is 0.510 e. The highest BCUT2D eigenvalue weighted by molar-refractivity contribution is 5.98. The molecule has 2 aliphatic heterocycles. The van der Waals surface area contributed by atoms with Gasteiger partial charge in [-0.2, -0.15) is 0 Å². The third kappa shape index (κ3) is 8.16. The fraction of sp³-hybridized carbons (Fsp3) is 0.390. The van der Waals surface area contributed by atoms with E-state index in [2.05, 4.69) is 16.0 Å². The molecule has 306 valence electrons. The van der Waals surface area contributed by atoms with Gasteiger partial charge >= 0.3 is 18.2 Å². The number of fused-ring (bicyclic) bond motifs is 5. The van der Waals surface area contributed by atoms with Crippen molar-refractivity contribution in [1.29, 1.82) is 0 Å². The number of phenols is 1. The van der Waals surface area contributed by atoms with E-state index in [4.69, 9.17) is 30.7 Å². The number of carbonyl (C=O) groups is 5. The molecule has 0 saturated carbocycles. The highest BCUT2D eigenvalue weighted by Gasteiger charge is 2.51. The monoisotopic (exact) mass is 797 g/mol. The molecular weight excluding hydrogens is 750 g/mol. The van der Waals surface area contributed by atoms with Gasteiger partial charge in [-0.3, -0.25) is 14.4 Å². The molecule has 58 heavy (non-hydrogen) atoms. The van der Waals surface area contributed by atoms with Crippen LogP contribution in [0.15, 0.2) is 53.3 Å². The molecule has 0 bridgehead atoms. The van der Waals surface area contributed by atoms with Crippen molar-refractivity contribution < 1.29 is 43.3 Å². The van der Waals surface area contributed by atoms with Crippen LogP contribution in [0.3, 0.4) is 0 Å². The highest BCUT2D eigenvalue weighted by atomic mass is 16.7. The van der Waals surface area contributed by atoms with Crippen molar-refractivity contribution in [2.24, 2.45) is 17.4 Å². The van der Waals surface area contributed by atoms with Crippen molar-refractivity contribution >= 4 is 46.6 Å². The number of hydrogen-bond acceptors (Lipinski definition) is 12. The fourth-order valence-corrected chi connectivity index (χ4v) is 7.30. The Hall–Kier alpha value is -6.49. The van der Waals surface area contributed by atoms with E-state index >= 15 is 0 Å². The number of carbonyl (C=O) groups excluding carboxylic acids is 5. The summed E-state index contributed by atoms with van der Waals surface area (Å²) < 4.78 is 18.2. The molecule has 6 rings (SSSR count). The van der Waals surface area contributed by atoms with Crippen molar-refractivity contribution in [3.8, 4) is 17.1 Å². The topological polar surface area (TPSA) is 256 Å². The van der Waals surface area contributed by atoms with Crippen molar-refractivity contribution in [2.45, 2.75) is 90.8 Å². The molecule has 4 aromatic rings. The zero-order valence-corrected chi connectivity index (χ0v) is 32.7. The maximum atomic E-state index is 14.0. The second-order valence-corrected chi connectivity index (χ2v) is 14.6. The number of primary amides is 1. The Morgan fingerprint density at radius 1 is 1.03 bits per heavy atom. The second-order valence-electron chi connectivity index (χ2n) is 14.6. The molecule has 2 aromatic heterocycles. The summed E-state index contributed by atoms with van der Waals surface area (Å²) in [5, 5.41) is 18.8. The van der Waals surface area contributed by atoms with Crippen LogP contribution in [0.25, 0.3) is 22.3 Å². The average molecular weight is 798 g/mol. The lowest BCUT2D eigenvalue weighted by Gasteiger charge is -2.35. The first kappa shape index (κ1) is 41.2. The number of ether oxygens (including phenoxy) is 3. The number of aryl methyl sites for hydroxylation is 1. The summed E-state index contributed by atoms with van der Waals surface area (Å²) in [5.74, 6) is -1.91. The van der Waals surface area contributed by atoms with E-state index in [-0.39, 0.29) is 61.9 Å². The van der Waals surface area contributed by atoms with Gasteiger partial charge in [-0.1, -0.05) is 39.8 Å². The average Bonchev–Trinajstić information content (AvgIpc) is 3.56. The van der Waals surface area contributed by atoms with Crippen LogP contribution in [0.1, 0.15) is 74.8 Å². The van der Waals surface area contributed by atoms with Crippen molar-refractivity contribution in [3.63, 3.8) is 0 Å². The number of hydrogen-bond donors (Lipinski definition) is 6. The number of anilines is 1. The number of urea groups is 1. The predicted molar refractivity (Wildman–Crippen MR) is 211 cm³/mol. The van der Waals surface area contributed by atoms with Gasteiger partial charge in [0.15, 0.2) is 0 Å². The van der Waals surface area contributed by atoms with E-state index in [1.165, 1.54) is 0 Å². The van der Waals surface area contributed by atoms with Crippen molar-refractivity contribution in [2.75, 3.05) is 11.9 Å². The van der Waals surface area contributed by atoms with Gasteiger partial charge in [0.05, 0.1) is 35.1 Å². The minimum absolute atomic E-state index is 0.0603. The number of nitrogens with one attached hydrogen (secondary N) is 3. The Bertz CT molecular complexity index is 2340. The quantitative estimate of drug-likeness (QED) is 0.0697. The molecule has 0 spiro atoms. The van der Waals surface area contributed by atoms with Crippen molar-refractivity contribution in [1.82, 2.24) is 20.2 Å². The summed E-state index contributed by atoms with van der Waals surface area (Å²) in [7, 11) is 0. The zero-order valence-electron chi connectivity index (χ0n) is 32.7. The Balaban J connectivity index is 1.16. The summed E-state index contributed by atoms with van der Waals surface area (Å²) in [6.45, 7) is 7.06. The molecular formula is C41H47N7O10. The van der Waals surface area contributed by atoms with Gasteiger partial charge < -0.3 is 51.3 Å². The SMILES string of the molecule is CCc1c2c(nc3ccc(O)cc13)-c1cc3c(c(=O)n1C2)COC(=O)[C@@]3(CC)OC(=O)OCc1ccc(NC(=O)[C@H](CCCNC(N)=O)NC(=O)[C@@H](N)C(C)C)cc1. The Morgan fingerprint density at radius 2 is 1.78 bits per heavy atom. The van der Waals surface area contributed by atoms with Gasteiger partial charge in [0.2, 0.25) is 17.4 Å². The van der Waals surface area contributed by atoms with E-state index in [0.717, 1.165) is 16.5 Å². The van der Waals surface area contributed by atoms with E-state index < -0.39 is 53.2 Å². The minimum Gasteiger partial charge on any atom is -0.508 e. The van der Waals surface area contributed by atoms with Crippen LogP contribution in [0.4, 0.5) is 15.3 Å². The Labute approximate surface area is 333 Å². The summed E-state index contributed by atoms with van der Waals surface area (Å²) in [4.78, 5) is 82.6. The number of esters is 1. The van der Waals surface area contributed by atoms with Gasteiger partial charge in [0, 0.05) is 28.7 Å². The molecule has 17 nitrogen and oxygen atoms in total. The molecule has 0 fully saturated rings. The smallest absolute Gasteiger partial charge is 0.508 e. The molecule has 2 aliphatic rings. The molecule has 0 unspecified atom stereocenters. The predicted octanol–water partition coefficient (Wildman–Crippen LogP) is 3.56. The summed E-state index contributed by atoms with van der Waals surface area (Å²) in [6.07, 6.45) is -0.0748. The Kier molecular flexibility index (Phi) is 12.0. The number of nitrogens with zero attached hydrogens (tertiary/aromatic N) is 2. The normalized spacial score (nSPS) is 16.3. The van der Waals surface area contributed by atoms with E-state index in [0.29, 0.717) is 41.0 Å². The molecule has 3 atom stereocenters. The molecule has 0 aliphatic carbocycles. The first-order valence-corrected chi connectivity index (χ1v) is 19.1. The first-order chi connectivity index (χ1) is 27.7. The number of rotatable bonds is 14. The number of amides is 4. The van der Waals surface area contributed by atoms with Gasteiger partial charge in [-0.25, -0.2) is 19.4 Å². The molecule has 2 aromatic carbocycles. The number of benzene rings is 2. The number of aromatic hydroxyl groups is 1. The van der Waals surface area contributed by atoms with E-state index in [1.807, 2.05) is 6.92 Å². The lowest BCUT2D eigenvalue weighted by atomic mass is 9.85. The minimum atomic E-state index is -1.98. The van der Waals surface area contributed by atoms with E-state index in [9.17, 15) is 33.9 Å². The van der Waals surface area contributed by atoms with Crippen LogP contribution < -0.4 is 33.0 Å². The number of phenolic OH excluding ortho intramolecular Hbond substituents is 1. The molecule has 0 radical (unpaired) electrons. The number of cyclic esters (lactones) is 1. The highest BCUT2D eigenvalue weighted by Crippen LogP contribution is 2.42. The molecule has 17 heteroatoms. The summed E-state index contributed by atoms with van der Waals surface area (Å²) in [6, 6.07) is 10.4. The zero-order chi connectivity index (χ0) is 41.9. The first-order valence-electron chi connectivity index (χ1n) is 19.1. The lowest BCUT2D eigenvalue weighted by molar-refractivity contribution is -0.175. The summed E-state index contributed by atoms with van der Waals surface area (Å²) in [5.41, 5.74) is 13.4. The van der Waals surface area contributed by atoms with Gasteiger partial charge in [0.1, 0.15) is 25.0 Å². The third-order valence-electron chi connectivity index (χ3n) is 10.6. The molecule has 4 amide bonds.